The highest BCUT2D eigenvalue weighted by Gasteiger charge is 2.40. The molecule has 0 aromatic carbocycles. The first-order chi connectivity index (χ1) is 12.7. The van der Waals surface area contributed by atoms with Crippen molar-refractivity contribution in [3.8, 4) is 11.4 Å². The van der Waals surface area contributed by atoms with Crippen LogP contribution >= 0.6 is 0 Å². The van der Waals surface area contributed by atoms with Crippen molar-refractivity contribution in [2.45, 2.75) is 44.1 Å². The zero-order valence-corrected chi connectivity index (χ0v) is 15.1. The summed E-state index contributed by atoms with van der Waals surface area (Å²) in [6.45, 7) is 4.41. The van der Waals surface area contributed by atoms with E-state index >= 15 is 0 Å². The van der Waals surface area contributed by atoms with Crippen LogP contribution in [0.3, 0.4) is 0 Å². The van der Waals surface area contributed by atoms with Crippen molar-refractivity contribution in [2.24, 2.45) is 0 Å². The minimum Gasteiger partial charge on any atom is -0.367 e. The lowest BCUT2D eigenvalue weighted by Gasteiger charge is -2.24. The van der Waals surface area contributed by atoms with Crippen molar-refractivity contribution in [3.63, 3.8) is 0 Å². The number of fused-ring (bicyclic) bond motifs is 1. The van der Waals surface area contributed by atoms with Gasteiger partial charge in [0.25, 0.3) is 0 Å². The second-order valence-electron chi connectivity index (χ2n) is 7.78. The summed E-state index contributed by atoms with van der Waals surface area (Å²) < 4.78 is 2.13. The molecule has 0 radical (unpaired) electrons. The number of piperidine rings is 1. The van der Waals surface area contributed by atoms with Gasteiger partial charge in [-0.25, -0.2) is 9.97 Å². The fraction of sp³-hybridized carbons (Fsp3) is 0.450. The molecule has 1 saturated heterocycles. The van der Waals surface area contributed by atoms with Gasteiger partial charge in [-0.1, -0.05) is 13.0 Å². The summed E-state index contributed by atoms with van der Waals surface area (Å²) in [6.07, 6.45) is 10.6. The van der Waals surface area contributed by atoms with Gasteiger partial charge in [-0.15, -0.1) is 0 Å². The number of pyridine rings is 1. The summed E-state index contributed by atoms with van der Waals surface area (Å²) in [7, 11) is 0. The summed E-state index contributed by atoms with van der Waals surface area (Å²) in [4.78, 5) is 14.0. The average molecular weight is 348 g/mol. The Morgan fingerprint density at radius 3 is 2.81 bits per heavy atom. The zero-order valence-electron chi connectivity index (χ0n) is 15.1. The molecule has 6 nitrogen and oxygen atoms in total. The van der Waals surface area contributed by atoms with Gasteiger partial charge < -0.3 is 10.6 Å². The summed E-state index contributed by atoms with van der Waals surface area (Å²) in [6, 6.07) is 6.66. The summed E-state index contributed by atoms with van der Waals surface area (Å²) in [5, 5.41) is 6.98. The summed E-state index contributed by atoms with van der Waals surface area (Å²) in [5.74, 6) is 0.938. The third kappa shape index (κ3) is 2.84. The lowest BCUT2D eigenvalue weighted by Crippen LogP contribution is -2.35. The molecule has 134 valence electrons. The van der Waals surface area contributed by atoms with Crippen LogP contribution in [0.25, 0.3) is 17.0 Å². The molecular formula is C20H24N6. The van der Waals surface area contributed by atoms with Gasteiger partial charge in [0.1, 0.15) is 5.82 Å². The van der Waals surface area contributed by atoms with Crippen LogP contribution in [0.2, 0.25) is 0 Å². The van der Waals surface area contributed by atoms with Crippen molar-refractivity contribution in [3.05, 3.63) is 42.5 Å². The highest BCUT2D eigenvalue weighted by atomic mass is 15.1. The lowest BCUT2D eigenvalue weighted by molar-refractivity contribution is 0.478. The van der Waals surface area contributed by atoms with Crippen molar-refractivity contribution >= 4 is 11.5 Å². The maximum Gasteiger partial charge on any atom is 0.155 e. The van der Waals surface area contributed by atoms with Crippen molar-refractivity contribution in [1.82, 2.24) is 24.7 Å². The average Bonchev–Trinajstić information content (AvgIpc) is 3.28. The van der Waals surface area contributed by atoms with E-state index in [0.29, 0.717) is 6.04 Å². The van der Waals surface area contributed by atoms with E-state index in [-0.39, 0.29) is 5.41 Å². The maximum atomic E-state index is 4.85. The van der Waals surface area contributed by atoms with Crippen LogP contribution < -0.4 is 10.6 Å². The number of rotatable bonds is 4. The smallest absolute Gasteiger partial charge is 0.155 e. The van der Waals surface area contributed by atoms with E-state index in [2.05, 4.69) is 50.3 Å². The molecule has 1 saturated carbocycles. The highest BCUT2D eigenvalue weighted by molar-refractivity contribution is 5.61. The molecule has 0 spiro atoms. The zero-order chi connectivity index (χ0) is 17.6. The molecule has 0 atom stereocenters. The van der Waals surface area contributed by atoms with Crippen LogP contribution in [-0.2, 0) is 5.41 Å². The van der Waals surface area contributed by atoms with Crippen LogP contribution in [0, 0.1) is 0 Å². The largest absolute Gasteiger partial charge is 0.367 e. The molecule has 1 aliphatic carbocycles. The molecule has 2 N–H and O–H groups in total. The minimum absolute atomic E-state index is 0.238. The van der Waals surface area contributed by atoms with E-state index in [1.165, 1.54) is 12.8 Å². The minimum atomic E-state index is 0.238. The number of nitrogens with one attached hydrogen (secondary N) is 2. The topological polar surface area (TPSA) is 67.1 Å². The summed E-state index contributed by atoms with van der Waals surface area (Å²) in [5.41, 5.74) is 4.21. The van der Waals surface area contributed by atoms with E-state index in [1.807, 2.05) is 18.5 Å². The third-order valence-electron chi connectivity index (χ3n) is 5.72. The molecule has 26 heavy (non-hydrogen) atoms. The number of nitrogens with zero attached hydrogens (tertiary/aromatic N) is 4. The van der Waals surface area contributed by atoms with E-state index in [1.54, 1.807) is 0 Å². The van der Waals surface area contributed by atoms with Crippen LogP contribution in [0.4, 0.5) is 5.82 Å². The highest BCUT2D eigenvalue weighted by Crippen LogP contribution is 2.46. The first-order valence-corrected chi connectivity index (χ1v) is 9.50. The van der Waals surface area contributed by atoms with Crippen LogP contribution in [0.1, 0.15) is 38.3 Å². The van der Waals surface area contributed by atoms with Gasteiger partial charge in [0, 0.05) is 17.7 Å². The standard InChI is InChI=1S/C20H24N6/c1-20(7-8-20)17-13-26-16(11-23-19(26)12-22-17)15-3-2-4-18(25-15)24-14-5-9-21-10-6-14/h2-4,11-14,21H,5-10H2,1H3,(H,24,25). The molecule has 3 aromatic rings. The maximum absolute atomic E-state index is 4.85. The first kappa shape index (κ1) is 15.8. The Morgan fingerprint density at radius 2 is 2.00 bits per heavy atom. The Hall–Kier alpha value is -2.47. The molecule has 3 aromatic heterocycles. The van der Waals surface area contributed by atoms with Gasteiger partial charge in [0.05, 0.1) is 29.5 Å². The van der Waals surface area contributed by atoms with E-state index in [9.17, 15) is 0 Å². The number of imidazole rings is 1. The van der Waals surface area contributed by atoms with Crippen LogP contribution in [0.5, 0.6) is 0 Å². The van der Waals surface area contributed by atoms with Crippen LogP contribution in [-0.4, -0.2) is 38.5 Å². The molecule has 0 amide bonds. The van der Waals surface area contributed by atoms with Gasteiger partial charge in [-0.3, -0.25) is 9.38 Å². The normalized spacial score (nSPS) is 19.6. The predicted molar refractivity (Wildman–Crippen MR) is 102 cm³/mol. The van der Waals surface area contributed by atoms with Crippen molar-refractivity contribution in [1.29, 1.82) is 0 Å². The first-order valence-electron chi connectivity index (χ1n) is 9.50. The Labute approximate surface area is 153 Å². The molecule has 4 heterocycles. The molecule has 5 rings (SSSR count). The fourth-order valence-electron chi connectivity index (χ4n) is 3.67. The molecule has 0 unspecified atom stereocenters. The molecule has 1 aliphatic heterocycles. The fourth-order valence-corrected chi connectivity index (χ4v) is 3.67. The molecular weight excluding hydrogens is 324 g/mol. The Kier molecular flexibility index (Phi) is 3.67. The number of hydrogen-bond donors (Lipinski definition) is 2. The van der Waals surface area contributed by atoms with Crippen LogP contribution in [0.15, 0.2) is 36.8 Å². The second-order valence-corrected chi connectivity index (χ2v) is 7.78. The number of anilines is 1. The summed E-state index contributed by atoms with van der Waals surface area (Å²) >= 11 is 0. The predicted octanol–water partition coefficient (Wildman–Crippen LogP) is 3.01. The van der Waals surface area contributed by atoms with E-state index in [4.69, 9.17) is 4.98 Å². The Bertz CT molecular complexity index is 936. The quantitative estimate of drug-likeness (QED) is 0.759. The second kappa shape index (κ2) is 6.06. The van der Waals surface area contributed by atoms with Gasteiger partial charge in [-0.05, 0) is 50.9 Å². The Morgan fingerprint density at radius 1 is 1.15 bits per heavy atom. The van der Waals surface area contributed by atoms with Crippen molar-refractivity contribution in [2.75, 3.05) is 18.4 Å². The molecule has 0 bridgehead atoms. The van der Waals surface area contributed by atoms with Gasteiger partial charge in [0.15, 0.2) is 5.65 Å². The van der Waals surface area contributed by atoms with E-state index < -0.39 is 0 Å². The lowest BCUT2D eigenvalue weighted by atomic mass is 10.1. The van der Waals surface area contributed by atoms with Gasteiger partial charge in [0.2, 0.25) is 0 Å². The third-order valence-corrected chi connectivity index (χ3v) is 5.72. The molecule has 2 fully saturated rings. The monoisotopic (exact) mass is 348 g/mol. The Balaban J connectivity index is 1.48. The van der Waals surface area contributed by atoms with E-state index in [0.717, 1.165) is 54.5 Å². The van der Waals surface area contributed by atoms with Gasteiger partial charge in [-0.2, -0.15) is 0 Å². The molecule has 6 heteroatoms. The van der Waals surface area contributed by atoms with Gasteiger partial charge >= 0.3 is 0 Å². The number of aromatic nitrogens is 4. The number of hydrogen-bond acceptors (Lipinski definition) is 5. The molecule has 2 aliphatic rings. The SMILES string of the molecule is CC1(c2cn3c(-c4cccc(NC5CCNCC5)n4)cnc3cn2)CC1. The van der Waals surface area contributed by atoms with Crippen molar-refractivity contribution < 1.29 is 0 Å².